The molecular weight excluding hydrogens is 277 g/mol. The fourth-order valence-corrected chi connectivity index (χ4v) is 1.60. The van der Waals surface area contributed by atoms with Gasteiger partial charge in [0.15, 0.2) is 5.69 Å². The van der Waals surface area contributed by atoms with Crippen molar-refractivity contribution in [3.63, 3.8) is 0 Å². The maximum absolute atomic E-state index is 12.5. The Bertz CT molecular complexity index is 715. The maximum atomic E-state index is 12.5. The van der Waals surface area contributed by atoms with Crippen LogP contribution >= 0.6 is 0 Å². The summed E-state index contributed by atoms with van der Waals surface area (Å²) in [7, 11) is 0. The number of alkyl halides is 3. The second-order valence-corrected chi connectivity index (χ2v) is 3.71. The Morgan fingerprint density at radius 3 is 2.60 bits per heavy atom. The quantitative estimate of drug-likeness (QED) is 0.626. The zero-order chi connectivity index (χ0) is 14.9. The highest BCUT2D eigenvalue weighted by molar-refractivity contribution is 5.61. The van der Waals surface area contributed by atoms with Crippen molar-refractivity contribution in [3.05, 3.63) is 51.8 Å². The van der Waals surface area contributed by atoms with Crippen LogP contribution in [0.4, 0.5) is 18.9 Å². The minimum absolute atomic E-state index is 0.143. The number of nitriles is 1. The summed E-state index contributed by atoms with van der Waals surface area (Å²) < 4.78 is 38.2. The van der Waals surface area contributed by atoms with Gasteiger partial charge in [-0.25, -0.2) is 4.68 Å². The molecule has 6 nitrogen and oxygen atoms in total. The third kappa shape index (κ3) is 2.31. The molecule has 0 aliphatic heterocycles. The van der Waals surface area contributed by atoms with Crippen LogP contribution in [0.15, 0.2) is 30.6 Å². The summed E-state index contributed by atoms with van der Waals surface area (Å²) in [6, 6.07) is 5.31. The van der Waals surface area contributed by atoms with E-state index >= 15 is 0 Å². The zero-order valence-electron chi connectivity index (χ0n) is 9.63. The molecule has 1 aromatic heterocycles. The second-order valence-electron chi connectivity index (χ2n) is 3.71. The molecule has 2 aromatic rings. The Labute approximate surface area is 109 Å². The SMILES string of the molecule is N#Cc1cccc([N+](=O)[O-])c1-n1cc(C(F)(F)F)cn1. The number of benzene rings is 1. The summed E-state index contributed by atoms with van der Waals surface area (Å²) in [5.74, 6) is 0. The van der Waals surface area contributed by atoms with Crippen LogP contribution in [0.3, 0.4) is 0 Å². The van der Waals surface area contributed by atoms with Crippen LogP contribution in [-0.4, -0.2) is 14.7 Å². The molecule has 0 saturated carbocycles. The standard InChI is InChI=1S/C11H5F3N4O2/c12-11(13,14)8-5-16-17(6-8)10-7(4-15)2-1-3-9(10)18(19)20/h1-3,5-6H. The van der Waals surface area contributed by atoms with Gasteiger partial charge in [-0.1, -0.05) is 6.07 Å². The number of hydrogen-bond donors (Lipinski definition) is 0. The molecule has 0 aliphatic carbocycles. The Kier molecular flexibility index (Phi) is 3.15. The van der Waals surface area contributed by atoms with E-state index in [-0.39, 0.29) is 11.3 Å². The molecule has 2 rings (SSSR count). The summed E-state index contributed by atoms with van der Waals surface area (Å²) in [6.07, 6.45) is -3.48. The normalized spacial score (nSPS) is 11.1. The van der Waals surface area contributed by atoms with Gasteiger partial charge in [-0.3, -0.25) is 10.1 Å². The van der Waals surface area contributed by atoms with Gasteiger partial charge in [0.25, 0.3) is 5.69 Å². The van der Waals surface area contributed by atoms with E-state index in [4.69, 9.17) is 5.26 Å². The number of nitrogens with zero attached hydrogens (tertiary/aromatic N) is 4. The molecule has 0 aliphatic rings. The molecule has 0 unspecified atom stereocenters. The molecule has 20 heavy (non-hydrogen) atoms. The van der Waals surface area contributed by atoms with Gasteiger partial charge < -0.3 is 0 Å². The lowest BCUT2D eigenvalue weighted by atomic mass is 10.1. The highest BCUT2D eigenvalue weighted by atomic mass is 19.4. The molecule has 0 saturated heterocycles. The first-order chi connectivity index (χ1) is 9.34. The first-order valence-corrected chi connectivity index (χ1v) is 5.14. The van der Waals surface area contributed by atoms with Gasteiger partial charge in [-0.05, 0) is 6.07 Å². The molecule has 0 amide bonds. The lowest BCUT2D eigenvalue weighted by Crippen LogP contribution is -2.05. The molecule has 9 heteroatoms. The van der Waals surface area contributed by atoms with E-state index in [0.29, 0.717) is 17.1 Å². The van der Waals surface area contributed by atoms with E-state index in [2.05, 4.69) is 5.10 Å². The fraction of sp³-hybridized carbons (Fsp3) is 0.0909. The second kappa shape index (κ2) is 4.65. The number of aromatic nitrogens is 2. The van der Waals surface area contributed by atoms with Crippen molar-refractivity contribution in [3.8, 4) is 11.8 Å². The average molecular weight is 282 g/mol. The molecule has 0 bridgehead atoms. The Balaban J connectivity index is 2.66. The molecule has 0 spiro atoms. The maximum Gasteiger partial charge on any atom is 0.419 e. The minimum Gasteiger partial charge on any atom is -0.258 e. The van der Waals surface area contributed by atoms with Crippen molar-refractivity contribution < 1.29 is 18.1 Å². The molecule has 1 heterocycles. The lowest BCUT2D eigenvalue weighted by molar-refractivity contribution is -0.384. The van der Waals surface area contributed by atoms with Crippen LogP contribution in [0.5, 0.6) is 0 Å². The number of para-hydroxylation sites is 1. The summed E-state index contributed by atoms with van der Waals surface area (Å²) in [4.78, 5) is 10.1. The van der Waals surface area contributed by atoms with E-state index in [1.165, 1.54) is 12.1 Å². The third-order valence-corrected chi connectivity index (χ3v) is 2.47. The molecule has 0 N–H and O–H groups in total. The van der Waals surface area contributed by atoms with E-state index in [1.54, 1.807) is 6.07 Å². The number of hydrogen-bond acceptors (Lipinski definition) is 4. The fourth-order valence-electron chi connectivity index (χ4n) is 1.60. The van der Waals surface area contributed by atoms with Gasteiger partial charge >= 0.3 is 6.18 Å². The molecule has 0 atom stereocenters. The smallest absolute Gasteiger partial charge is 0.258 e. The molecule has 0 fully saturated rings. The number of nitro benzene ring substituents is 1. The van der Waals surface area contributed by atoms with Gasteiger partial charge in [0.2, 0.25) is 0 Å². The average Bonchev–Trinajstić information content (AvgIpc) is 2.86. The van der Waals surface area contributed by atoms with Gasteiger partial charge in [0.05, 0.1) is 22.2 Å². The summed E-state index contributed by atoms with van der Waals surface area (Å²) in [5.41, 5.74) is -1.99. The van der Waals surface area contributed by atoms with Crippen molar-refractivity contribution in [1.29, 1.82) is 5.26 Å². The summed E-state index contributed by atoms with van der Waals surface area (Å²) >= 11 is 0. The summed E-state index contributed by atoms with van der Waals surface area (Å²) in [6.45, 7) is 0. The largest absolute Gasteiger partial charge is 0.419 e. The highest BCUT2D eigenvalue weighted by Gasteiger charge is 2.33. The van der Waals surface area contributed by atoms with Gasteiger partial charge in [0, 0.05) is 12.3 Å². The van der Waals surface area contributed by atoms with Gasteiger partial charge in [0.1, 0.15) is 6.07 Å². The zero-order valence-corrected chi connectivity index (χ0v) is 9.63. The Hall–Kier alpha value is -2.89. The van der Waals surface area contributed by atoms with E-state index < -0.39 is 22.4 Å². The van der Waals surface area contributed by atoms with Crippen molar-refractivity contribution >= 4 is 5.69 Å². The van der Waals surface area contributed by atoms with Crippen LogP contribution in [0.1, 0.15) is 11.1 Å². The van der Waals surface area contributed by atoms with Crippen LogP contribution in [0.2, 0.25) is 0 Å². The van der Waals surface area contributed by atoms with Gasteiger partial charge in [-0.2, -0.15) is 23.5 Å². The van der Waals surface area contributed by atoms with Crippen LogP contribution < -0.4 is 0 Å². The highest BCUT2D eigenvalue weighted by Crippen LogP contribution is 2.31. The molecule has 1 aromatic carbocycles. The number of halogens is 3. The number of rotatable bonds is 2. The van der Waals surface area contributed by atoms with Crippen molar-refractivity contribution in [2.45, 2.75) is 6.18 Å². The Morgan fingerprint density at radius 2 is 2.10 bits per heavy atom. The topological polar surface area (TPSA) is 84.7 Å². The van der Waals surface area contributed by atoms with Gasteiger partial charge in [-0.15, -0.1) is 0 Å². The van der Waals surface area contributed by atoms with E-state index in [0.717, 1.165) is 6.07 Å². The van der Waals surface area contributed by atoms with Crippen LogP contribution in [-0.2, 0) is 6.18 Å². The van der Waals surface area contributed by atoms with E-state index in [9.17, 15) is 23.3 Å². The van der Waals surface area contributed by atoms with Crippen molar-refractivity contribution in [1.82, 2.24) is 9.78 Å². The molecular formula is C11H5F3N4O2. The summed E-state index contributed by atoms with van der Waals surface area (Å²) in [5, 5.41) is 23.3. The van der Waals surface area contributed by atoms with Crippen molar-refractivity contribution in [2.75, 3.05) is 0 Å². The first-order valence-electron chi connectivity index (χ1n) is 5.14. The van der Waals surface area contributed by atoms with Crippen LogP contribution in [0.25, 0.3) is 5.69 Å². The van der Waals surface area contributed by atoms with E-state index in [1.807, 2.05) is 0 Å². The van der Waals surface area contributed by atoms with Crippen molar-refractivity contribution in [2.24, 2.45) is 0 Å². The minimum atomic E-state index is -4.62. The molecule has 0 radical (unpaired) electrons. The lowest BCUT2D eigenvalue weighted by Gasteiger charge is -2.05. The number of nitro groups is 1. The predicted octanol–water partition coefficient (Wildman–Crippen LogP) is 2.67. The monoisotopic (exact) mass is 282 g/mol. The third-order valence-electron chi connectivity index (χ3n) is 2.47. The van der Waals surface area contributed by atoms with Crippen LogP contribution in [0, 0.1) is 21.4 Å². The predicted molar refractivity (Wildman–Crippen MR) is 59.9 cm³/mol. The Morgan fingerprint density at radius 1 is 1.40 bits per heavy atom. The first kappa shape index (κ1) is 13.5. The molecule has 102 valence electrons.